The summed E-state index contributed by atoms with van der Waals surface area (Å²) in [5.74, 6) is 1.56. The summed E-state index contributed by atoms with van der Waals surface area (Å²) in [5.41, 5.74) is 4.51. The number of amides is 2. The van der Waals surface area contributed by atoms with E-state index in [2.05, 4.69) is 46.0 Å². The zero-order valence-electron chi connectivity index (χ0n) is 25.2. The molecule has 2 saturated heterocycles. The number of halogens is 2. The number of hydrogen-bond donors (Lipinski definition) is 2. The average Bonchev–Trinajstić information content (AvgIpc) is 3.43. The van der Waals surface area contributed by atoms with Gasteiger partial charge in [0.1, 0.15) is 0 Å². The molecule has 7 rings (SSSR count). The van der Waals surface area contributed by atoms with Gasteiger partial charge >= 0.3 is 6.09 Å². The van der Waals surface area contributed by atoms with Crippen LogP contribution >= 0.6 is 11.6 Å². The lowest BCUT2D eigenvalue weighted by molar-refractivity contribution is -0.139. The molecule has 0 bridgehead atoms. The molecule has 0 spiro atoms. The van der Waals surface area contributed by atoms with E-state index in [9.17, 15) is 14.0 Å². The SMILES string of the molecule is CC1CCC(C(C)n2c(N3CCN(C(=O)C4(F)CC4)C[C@H]3C)nc3cc(C4NOC(=O)N4)nc(-c4cncc(Cl)c4)c32)CC1. The number of carbonyl (C=O) groups is 2. The Labute approximate surface area is 260 Å². The first-order valence-electron chi connectivity index (χ1n) is 15.6. The number of alkyl halides is 1. The second-order valence-electron chi connectivity index (χ2n) is 13.0. The van der Waals surface area contributed by atoms with Crippen LogP contribution in [-0.4, -0.2) is 67.8 Å². The molecule has 4 aliphatic rings. The van der Waals surface area contributed by atoms with E-state index in [4.69, 9.17) is 26.4 Å². The zero-order chi connectivity index (χ0) is 30.7. The maximum atomic E-state index is 14.7. The van der Waals surface area contributed by atoms with Gasteiger partial charge in [0.25, 0.3) is 5.91 Å². The van der Waals surface area contributed by atoms with E-state index in [1.165, 1.54) is 12.8 Å². The number of piperazine rings is 1. The molecule has 13 heteroatoms. The summed E-state index contributed by atoms with van der Waals surface area (Å²) >= 11 is 6.42. The topological polar surface area (TPSA) is 118 Å². The molecule has 234 valence electrons. The van der Waals surface area contributed by atoms with Crippen molar-refractivity contribution in [2.45, 2.75) is 83.2 Å². The standard InChI is InChI=1S/C31H38ClFN8O3/c1-17-4-6-20(7-5-17)19(3)41-26-23(36-29(41)40-11-10-39(16-18(40)2)28(42)31(33)8-9-31)13-24(27-37-30(43)44-38-27)35-25(26)21-12-22(32)15-34-14-21/h12-15,17-20,27,38H,4-11,16H2,1-3H3,(H,37,43)/t17?,18-,19?,20?,27?/m1/s1. The summed E-state index contributed by atoms with van der Waals surface area (Å²) < 4.78 is 17.0. The number of fused-ring (bicyclic) bond motifs is 1. The number of nitrogens with zero attached hydrogens (tertiary/aromatic N) is 6. The minimum Gasteiger partial charge on any atom is -0.351 e. The molecule has 0 radical (unpaired) electrons. The monoisotopic (exact) mass is 624 g/mol. The van der Waals surface area contributed by atoms with E-state index in [1.54, 1.807) is 17.3 Å². The van der Waals surface area contributed by atoms with Crippen molar-refractivity contribution in [3.05, 3.63) is 35.2 Å². The minimum atomic E-state index is -1.68. The highest BCUT2D eigenvalue weighted by Crippen LogP contribution is 2.44. The molecule has 3 atom stereocenters. The van der Waals surface area contributed by atoms with Crippen molar-refractivity contribution in [1.82, 2.24) is 35.2 Å². The summed E-state index contributed by atoms with van der Waals surface area (Å²) in [4.78, 5) is 48.3. The van der Waals surface area contributed by atoms with Crippen LogP contribution in [0.5, 0.6) is 0 Å². The average molecular weight is 625 g/mol. The Morgan fingerprint density at radius 3 is 2.57 bits per heavy atom. The van der Waals surface area contributed by atoms with E-state index in [0.29, 0.717) is 66.2 Å². The van der Waals surface area contributed by atoms with Crippen LogP contribution in [0.3, 0.4) is 0 Å². The first kappa shape index (κ1) is 29.2. The fourth-order valence-electron chi connectivity index (χ4n) is 7.06. The number of anilines is 1. The Hall–Kier alpha value is -3.51. The van der Waals surface area contributed by atoms with Crippen molar-refractivity contribution >= 4 is 40.6 Å². The quantitative estimate of drug-likeness (QED) is 0.379. The summed E-state index contributed by atoms with van der Waals surface area (Å²) in [6.45, 7) is 8.03. The molecule has 2 aliphatic carbocycles. The lowest BCUT2D eigenvalue weighted by Gasteiger charge is -2.42. The number of pyridine rings is 2. The number of hydrogen-bond acceptors (Lipinski definition) is 8. The van der Waals surface area contributed by atoms with Gasteiger partial charge in [0, 0.05) is 49.7 Å². The Morgan fingerprint density at radius 2 is 1.91 bits per heavy atom. The maximum Gasteiger partial charge on any atom is 0.427 e. The van der Waals surface area contributed by atoms with Crippen LogP contribution in [0.2, 0.25) is 5.02 Å². The summed E-state index contributed by atoms with van der Waals surface area (Å²) in [6, 6.07) is 3.72. The number of aromatic nitrogens is 4. The first-order chi connectivity index (χ1) is 21.1. The molecular formula is C31H38ClFN8O3. The third-order valence-corrected chi connectivity index (χ3v) is 10.1. The lowest BCUT2D eigenvalue weighted by Crippen LogP contribution is -2.56. The smallest absolute Gasteiger partial charge is 0.351 e. The molecule has 4 fully saturated rings. The van der Waals surface area contributed by atoms with Gasteiger partial charge < -0.3 is 19.2 Å². The number of nitrogens with one attached hydrogen (secondary N) is 2. The summed E-state index contributed by atoms with van der Waals surface area (Å²) in [5, 5.41) is 3.22. The van der Waals surface area contributed by atoms with E-state index in [1.807, 2.05) is 12.1 Å². The zero-order valence-corrected chi connectivity index (χ0v) is 26.0. The van der Waals surface area contributed by atoms with E-state index in [-0.39, 0.29) is 18.0 Å². The van der Waals surface area contributed by atoms with Crippen LogP contribution in [0.4, 0.5) is 15.1 Å². The fourth-order valence-corrected chi connectivity index (χ4v) is 7.23. The van der Waals surface area contributed by atoms with Gasteiger partial charge in [-0.25, -0.2) is 19.2 Å². The predicted octanol–water partition coefficient (Wildman–Crippen LogP) is 5.32. The molecule has 0 aromatic carbocycles. The van der Waals surface area contributed by atoms with E-state index >= 15 is 0 Å². The highest BCUT2D eigenvalue weighted by Gasteiger charge is 2.53. The molecule has 5 heterocycles. The van der Waals surface area contributed by atoms with Crippen LogP contribution < -0.4 is 15.7 Å². The summed E-state index contributed by atoms with van der Waals surface area (Å²) in [7, 11) is 0. The number of imidazole rings is 1. The highest BCUT2D eigenvalue weighted by molar-refractivity contribution is 6.30. The number of hydroxylamine groups is 1. The predicted molar refractivity (Wildman–Crippen MR) is 164 cm³/mol. The van der Waals surface area contributed by atoms with Crippen molar-refractivity contribution in [3.8, 4) is 11.3 Å². The number of carbonyl (C=O) groups excluding carboxylic acids is 2. The highest BCUT2D eigenvalue weighted by atomic mass is 35.5. The molecule has 3 aromatic heterocycles. The molecular weight excluding hydrogens is 587 g/mol. The largest absolute Gasteiger partial charge is 0.427 e. The molecule has 2 N–H and O–H groups in total. The molecule has 2 amide bonds. The van der Waals surface area contributed by atoms with Crippen LogP contribution in [0, 0.1) is 11.8 Å². The molecule has 2 saturated carbocycles. The van der Waals surface area contributed by atoms with Crippen molar-refractivity contribution in [1.29, 1.82) is 0 Å². The van der Waals surface area contributed by atoms with Gasteiger partial charge in [0.2, 0.25) is 5.95 Å². The maximum absolute atomic E-state index is 14.7. The van der Waals surface area contributed by atoms with E-state index in [0.717, 1.165) is 29.9 Å². The van der Waals surface area contributed by atoms with Gasteiger partial charge in [-0.1, -0.05) is 31.4 Å². The van der Waals surface area contributed by atoms with Crippen LogP contribution in [0.1, 0.15) is 77.2 Å². The van der Waals surface area contributed by atoms with Gasteiger partial charge in [0.05, 0.1) is 27.4 Å². The molecule has 44 heavy (non-hydrogen) atoms. The third-order valence-electron chi connectivity index (χ3n) is 9.87. The van der Waals surface area contributed by atoms with Crippen molar-refractivity contribution in [2.24, 2.45) is 11.8 Å². The van der Waals surface area contributed by atoms with Gasteiger partial charge in [-0.2, -0.15) is 0 Å². The van der Waals surface area contributed by atoms with Gasteiger partial charge in [-0.05, 0) is 63.5 Å². The second-order valence-corrected chi connectivity index (χ2v) is 13.5. The summed E-state index contributed by atoms with van der Waals surface area (Å²) in [6.07, 6.45) is 7.29. The Kier molecular flexibility index (Phi) is 7.39. The number of rotatable bonds is 6. The van der Waals surface area contributed by atoms with Crippen molar-refractivity contribution in [2.75, 3.05) is 24.5 Å². The molecule has 2 unspecified atom stereocenters. The Balaban J connectivity index is 1.36. The van der Waals surface area contributed by atoms with Gasteiger partial charge in [-0.15, -0.1) is 5.48 Å². The van der Waals surface area contributed by atoms with E-state index < -0.39 is 17.9 Å². The van der Waals surface area contributed by atoms with Crippen molar-refractivity contribution in [3.63, 3.8) is 0 Å². The second kappa shape index (κ2) is 11.1. The van der Waals surface area contributed by atoms with Crippen molar-refractivity contribution < 1.29 is 18.8 Å². The third kappa shape index (κ3) is 5.25. The van der Waals surface area contributed by atoms with Crippen LogP contribution in [0.25, 0.3) is 22.3 Å². The molecule has 3 aromatic rings. The van der Waals surface area contributed by atoms with Gasteiger partial charge in [0.15, 0.2) is 11.8 Å². The first-order valence-corrected chi connectivity index (χ1v) is 16.0. The fraction of sp³-hybridized carbons (Fsp3) is 0.581. The van der Waals surface area contributed by atoms with Gasteiger partial charge in [-0.3, -0.25) is 15.1 Å². The lowest BCUT2D eigenvalue weighted by atomic mass is 9.79. The minimum absolute atomic E-state index is 0.0860. The molecule has 11 nitrogen and oxygen atoms in total. The Morgan fingerprint density at radius 1 is 1.14 bits per heavy atom. The normalized spacial score (nSPS) is 27.2. The Bertz CT molecular complexity index is 1600. The van der Waals surface area contributed by atoms with Crippen LogP contribution in [-0.2, 0) is 9.63 Å². The molecule has 2 aliphatic heterocycles. The van der Waals surface area contributed by atoms with Crippen LogP contribution in [0.15, 0.2) is 24.5 Å².